The maximum absolute atomic E-state index is 13.1. The number of halogens is 2. The van der Waals surface area contributed by atoms with Gasteiger partial charge in [0.1, 0.15) is 5.82 Å². The first kappa shape index (κ1) is 12.6. The van der Waals surface area contributed by atoms with Crippen molar-refractivity contribution in [2.75, 3.05) is 0 Å². The molecule has 84 valence electrons. The average molecular weight is 275 g/mol. The van der Waals surface area contributed by atoms with Crippen LogP contribution in [0.3, 0.4) is 0 Å². The third-order valence-electron chi connectivity index (χ3n) is 2.24. The van der Waals surface area contributed by atoms with Crippen LogP contribution in [0.2, 0.25) is 0 Å². The summed E-state index contributed by atoms with van der Waals surface area (Å²) in [5.41, 5.74) is 3.59. The lowest BCUT2D eigenvalue weighted by molar-refractivity contribution is 0.435. The molecule has 1 aromatic carbocycles. The van der Waals surface area contributed by atoms with Crippen LogP contribution in [-0.2, 0) is 0 Å². The molecule has 4 heteroatoms. The van der Waals surface area contributed by atoms with Crippen molar-refractivity contribution < 1.29 is 4.39 Å². The summed E-state index contributed by atoms with van der Waals surface area (Å²) in [4.78, 5) is 0. The molecule has 0 aromatic heterocycles. The summed E-state index contributed by atoms with van der Waals surface area (Å²) in [6.45, 7) is 4.22. The second kappa shape index (κ2) is 5.58. The van der Waals surface area contributed by atoms with Gasteiger partial charge >= 0.3 is 0 Å². The molecule has 1 unspecified atom stereocenters. The summed E-state index contributed by atoms with van der Waals surface area (Å²) < 4.78 is 14.0. The minimum atomic E-state index is -0.239. The van der Waals surface area contributed by atoms with Gasteiger partial charge in [0.05, 0.1) is 0 Å². The van der Waals surface area contributed by atoms with Gasteiger partial charge in [-0.25, -0.2) is 4.39 Å². The van der Waals surface area contributed by atoms with E-state index in [1.54, 1.807) is 6.07 Å². The zero-order valence-electron chi connectivity index (χ0n) is 8.93. The third-order valence-corrected chi connectivity index (χ3v) is 2.96. The first-order chi connectivity index (χ1) is 7.04. The molecule has 2 nitrogen and oxygen atoms in total. The van der Waals surface area contributed by atoms with Crippen LogP contribution in [0.15, 0.2) is 22.7 Å². The van der Waals surface area contributed by atoms with Crippen molar-refractivity contribution in [1.29, 1.82) is 0 Å². The molecular weight excluding hydrogens is 259 g/mol. The van der Waals surface area contributed by atoms with E-state index in [9.17, 15) is 4.39 Å². The maximum atomic E-state index is 13.1. The van der Waals surface area contributed by atoms with E-state index in [1.807, 2.05) is 0 Å². The molecule has 0 amide bonds. The summed E-state index contributed by atoms with van der Waals surface area (Å²) in [5, 5.41) is 0. The van der Waals surface area contributed by atoms with Gasteiger partial charge in [0, 0.05) is 10.5 Å². The van der Waals surface area contributed by atoms with Crippen molar-refractivity contribution in [2.24, 2.45) is 11.8 Å². The number of hydrazine groups is 1. The molecule has 1 atom stereocenters. The molecule has 0 heterocycles. The first-order valence-electron chi connectivity index (χ1n) is 4.95. The van der Waals surface area contributed by atoms with Gasteiger partial charge in [-0.3, -0.25) is 11.3 Å². The van der Waals surface area contributed by atoms with Gasteiger partial charge < -0.3 is 0 Å². The quantitative estimate of drug-likeness (QED) is 0.654. The number of rotatable bonds is 4. The number of nitrogens with two attached hydrogens (primary N) is 1. The molecule has 0 saturated carbocycles. The minimum Gasteiger partial charge on any atom is -0.271 e. The van der Waals surface area contributed by atoms with Crippen molar-refractivity contribution in [3.05, 3.63) is 34.1 Å². The molecule has 1 aromatic rings. The first-order valence-corrected chi connectivity index (χ1v) is 5.75. The van der Waals surface area contributed by atoms with Crippen LogP contribution in [-0.4, -0.2) is 0 Å². The van der Waals surface area contributed by atoms with E-state index in [2.05, 4.69) is 35.2 Å². The van der Waals surface area contributed by atoms with E-state index < -0.39 is 0 Å². The summed E-state index contributed by atoms with van der Waals surface area (Å²) in [5.74, 6) is 5.74. The highest BCUT2D eigenvalue weighted by atomic mass is 79.9. The summed E-state index contributed by atoms with van der Waals surface area (Å²) in [6, 6.07) is 4.62. The predicted octanol–water partition coefficient (Wildman–Crippen LogP) is 3.14. The van der Waals surface area contributed by atoms with Crippen LogP contribution in [0.4, 0.5) is 4.39 Å². The smallest absolute Gasteiger partial charge is 0.123 e. The van der Waals surface area contributed by atoms with Gasteiger partial charge in [0.25, 0.3) is 0 Å². The van der Waals surface area contributed by atoms with E-state index in [-0.39, 0.29) is 11.9 Å². The molecule has 0 aliphatic rings. The highest BCUT2D eigenvalue weighted by molar-refractivity contribution is 9.10. The lowest BCUT2D eigenvalue weighted by Crippen LogP contribution is -2.29. The number of hydrogen-bond acceptors (Lipinski definition) is 2. The Morgan fingerprint density at radius 3 is 2.67 bits per heavy atom. The SMILES string of the molecule is CC(C)CC(NN)c1cc(F)ccc1Br. The summed E-state index contributed by atoms with van der Waals surface area (Å²) >= 11 is 3.40. The maximum Gasteiger partial charge on any atom is 0.123 e. The van der Waals surface area contributed by atoms with Crippen molar-refractivity contribution in [2.45, 2.75) is 26.3 Å². The van der Waals surface area contributed by atoms with Gasteiger partial charge in [0.15, 0.2) is 0 Å². The molecule has 3 N–H and O–H groups in total. The second-order valence-corrected chi connectivity index (χ2v) is 4.87. The van der Waals surface area contributed by atoms with Crippen LogP contribution in [0.1, 0.15) is 31.9 Å². The topological polar surface area (TPSA) is 38.0 Å². The monoisotopic (exact) mass is 274 g/mol. The molecule has 0 radical (unpaired) electrons. The fourth-order valence-corrected chi connectivity index (χ4v) is 2.06. The largest absolute Gasteiger partial charge is 0.271 e. The Kier molecular flexibility index (Phi) is 4.70. The lowest BCUT2D eigenvalue weighted by atomic mass is 9.97. The van der Waals surface area contributed by atoms with E-state index in [1.165, 1.54) is 12.1 Å². The number of nitrogens with one attached hydrogen (secondary N) is 1. The number of benzene rings is 1. The Bertz CT molecular complexity index is 328. The van der Waals surface area contributed by atoms with Gasteiger partial charge in [-0.05, 0) is 36.1 Å². The van der Waals surface area contributed by atoms with Gasteiger partial charge in [-0.2, -0.15) is 0 Å². The van der Waals surface area contributed by atoms with Gasteiger partial charge in [-0.1, -0.05) is 29.8 Å². The van der Waals surface area contributed by atoms with Crippen molar-refractivity contribution in [3.63, 3.8) is 0 Å². The fraction of sp³-hybridized carbons (Fsp3) is 0.455. The highest BCUT2D eigenvalue weighted by Crippen LogP contribution is 2.28. The molecule has 15 heavy (non-hydrogen) atoms. The molecule has 0 spiro atoms. The van der Waals surface area contributed by atoms with Crippen LogP contribution in [0.25, 0.3) is 0 Å². The van der Waals surface area contributed by atoms with Crippen molar-refractivity contribution in [1.82, 2.24) is 5.43 Å². The molecule has 1 rings (SSSR count). The molecular formula is C11H16BrFN2. The molecule has 0 aliphatic heterocycles. The van der Waals surface area contributed by atoms with Crippen LogP contribution in [0, 0.1) is 11.7 Å². The van der Waals surface area contributed by atoms with Crippen LogP contribution in [0.5, 0.6) is 0 Å². The van der Waals surface area contributed by atoms with E-state index >= 15 is 0 Å². The summed E-state index contributed by atoms with van der Waals surface area (Å²) in [7, 11) is 0. The minimum absolute atomic E-state index is 0.0184. The molecule has 0 aliphatic carbocycles. The molecule has 0 fully saturated rings. The molecule has 0 bridgehead atoms. The lowest BCUT2D eigenvalue weighted by Gasteiger charge is -2.19. The normalized spacial score (nSPS) is 13.2. The van der Waals surface area contributed by atoms with Gasteiger partial charge in [0.2, 0.25) is 0 Å². The van der Waals surface area contributed by atoms with Crippen LogP contribution < -0.4 is 11.3 Å². The van der Waals surface area contributed by atoms with Crippen molar-refractivity contribution in [3.8, 4) is 0 Å². The Labute approximate surface area is 98.1 Å². The highest BCUT2D eigenvalue weighted by Gasteiger charge is 2.15. The van der Waals surface area contributed by atoms with Crippen LogP contribution >= 0.6 is 15.9 Å². The standard InChI is InChI=1S/C11H16BrFN2/c1-7(2)5-11(15-14)9-6-8(13)3-4-10(9)12/h3-4,6-7,11,15H,5,14H2,1-2H3. The summed E-state index contributed by atoms with van der Waals surface area (Å²) in [6.07, 6.45) is 0.874. The Hall–Kier alpha value is -0.450. The second-order valence-electron chi connectivity index (χ2n) is 4.01. The Balaban J connectivity index is 2.95. The van der Waals surface area contributed by atoms with E-state index in [0.29, 0.717) is 5.92 Å². The van der Waals surface area contributed by atoms with E-state index in [4.69, 9.17) is 5.84 Å². The predicted molar refractivity (Wildman–Crippen MR) is 63.6 cm³/mol. The number of hydrogen-bond donors (Lipinski definition) is 2. The van der Waals surface area contributed by atoms with Gasteiger partial charge in [-0.15, -0.1) is 0 Å². The van der Waals surface area contributed by atoms with Crippen molar-refractivity contribution >= 4 is 15.9 Å². The molecule has 0 saturated heterocycles. The third kappa shape index (κ3) is 3.55. The van der Waals surface area contributed by atoms with E-state index in [0.717, 1.165) is 16.5 Å². The fourth-order valence-electron chi connectivity index (χ4n) is 1.54. The Morgan fingerprint density at radius 1 is 1.47 bits per heavy atom. The Morgan fingerprint density at radius 2 is 2.13 bits per heavy atom. The zero-order chi connectivity index (χ0) is 11.4. The zero-order valence-corrected chi connectivity index (χ0v) is 10.5. The average Bonchev–Trinajstić information content (AvgIpc) is 2.18.